The zero-order chi connectivity index (χ0) is 32.3. The molecule has 0 aromatic heterocycles. The number of nitrogens with one attached hydrogen (secondary N) is 1. The fourth-order valence-electron chi connectivity index (χ4n) is 8.93. The summed E-state index contributed by atoms with van der Waals surface area (Å²) in [4.78, 5) is 42.1. The first-order valence-electron chi connectivity index (χ1n) is 15.8. The third-order valence-electron chi connectivity index (χ3n) is 11.3. The number of hydrogen-bond donors (Lipinski definition) is 4. The van der Waals surface area contributed by atoms with E-state index in [-0.39, 0.29) is 24.9 Å². The Kier molecular flexibility index (Phi) is 8.42. The van der Waals surface area contributed by atoms with Crippen molar-refractivity contribution >= 4 is 17.7 Å². The minimum atomic E-state index is -2.26. The zero-order valence-corrected chi connectivity index (χ0v) is 26.5. The number of aliphatic hydroxyl groups is 3. The molecule has 2 saturated heterocycles. The van der Waals surface area contributed by atoms with E-state index in [9.17, 15) is 29.7 Å². The average Bonchev–Trinajstić information content (AvgIpc) is 2.97. The van der Waals surface area contributed by atoms with Gasteiger partial charge in [0.1, 0.15) is 5.60 Å². The molecule has 0 spiro atoms. The molecule has 1 amide bonds. The van der Waals surface area contributed by atoms with Crippen molar-refractivity contribution < 1.29 is 39.2 Å². The molecule has 2 saturated carbocycles. The number of amides is 1. The van der Waals surface area contributed by atoms with Crippen molar-refractivity contribution in [3.05, 3.63) is 48.6 Å². The van der Waals surface area contributed by atoms with Gasteiger partial charge in [-0.2, -0.15) is 0 Å². The average molecular weight is 613 g/mol. The second-order valence-electron chi connectivity index (χ2n) is 14.6. The summed E-state index contributed by atoms with van der Waals surface area (Å²) in [6.07, 6.45) is -0.333. The van der Waals surface area contributed by atoms with Crippen LogP contribution in [0.5, 0.6) is 0 Å². The van der Waals surface area contributed by atoms with Crippen molar-refractivity contribution in [2.75, 3.05) is 19.6 Å². The van der Waals surface area contributed by atoms with Gasteiger partial charge >= 0.3 is 5.97 Å². The molecule has 4 N–H and O–H groups in total. The lowest BCUT2D eigenvalue weighted by molar-refractivity contribution is -0.370. The van der Waals surface area contributed by atoms with Gasteiger partial charge in [-0.25, -0.2) is 0 Å². The van der Waals surface area contributed by atoms with Crippen LogP contribution in [-0.2, 0) is 19.1 Å². The van der Waals surface area contributed by atoms with Crippen LogP contribution >= 0.6 is 0 Å². The molecule has 10 nitrogen and oxygen atoms in total. The number of fused-ring (bicyclic) bond motifs is 3. The molecule has 10 heteroatoms. The molecule has 5 rings (SSSR count). The van der Waals surface area contributed by atoms with Gasteiger partial charge in [0, 0.05) is 42.4 Å². The first-order valence-corrected chi connectivity index (χ1v) is 15.8. The Labute approximate surface area is 259 Å². The van der Waals surface area contributed by atoms with Crippen LogP contribution < -0.4 is 5.32 Å². The number of ketones is 1. The van der Waals surface area contributed by atoms with Gasteiger partial charge in [0.15, 0.2) is 17.5 Å². The van der Waals surface area contributed by atoms with E-state index >= 15 is 0 Å². The van der Waals surface area contributed by atoms with E-state index in [0.29, 0.717) is 44.3 Å². The molecule has 4 aliphatic rings. The molecule has 4 unspecified atom stereocenters. The quantitative estimate of drug-likeness (QED) is 0.281. The van der Waals surface area contributed by atoms with Crippen molar-refractivity contribution in [2.45, 2.75) is 108 Å². The highest BCUT2D eigenvalue weighted by Gasteiger charge is 2.81. The number of Topliss-reactive ketones (excluding diaryl/α,β-unsaturated/α-hetero) is 1. The summed E-state index contributed by atoms with van der Waals surface area (Å²) in [5, 5.41) is 39.1. The third kappa shape index (κ3) is 5.03. The van der Waals surface area contributed by atoms with Gasteiger partial charge in [-0.05, 0) is 57.1 Å². The van der Waals surface area contributed by atoms with Crippen molar-refractivity contribution in [1.29, 1.82) is 0 Å². The van der Waals surface area contributed by atoms with Gasteiger partial charge in [-0.1, -0.05) is 45.0 Å². The number of nitrogens with zero attached hydrogens (tertiary/aromatic N) is 1. The maximum atomic E-state index is 14.1. The smallest absolute Gasteiger partial charge is 0.320 e. The number of ether oxygens (including phenoxy) is 2. The number of piperidine rings is 1. The molecule has 8 atom stereocenters. The normalized spacial score (nSPS) is 40.8. The first kappa shape index (κ1) is 32.8. The summed E-state index contributed by atoms with van der Waals surface area (Å²) in [6, 6.07) is 8.99. The minimum absolute atomic E-state index is 0.0278. The largest absolute Gasteiger partial charge is 0.455 e. The second kappa shape index (κ2) is 11.3. The molecular weight excluding hydrogens is 564 g/mol. The monoisotopic (exact) mass is 612 g/mol. The Morgan fingerprint density at radius 1 is 1.09 bits per heavy atom. The van der Waals surface area contributed by atoms with Crippen molar-refractivity contribution in [3.63, 3.8) is 0 Å². The number of hydrogen-bond acceptors (Lipinski definition) is 9. The van der Waals surface area contributed by atoms with Crippen LogP contribution in [0, 0.1) is 16.7 Å². The minimum Gasteiger partial charge on any atom is -0.455 e. The van der Waals surface area contributed by atoms with E-state index in [0.717, 1.165) is 0 Å². The van der Waals surface area contributed by atoms with Gasteiger partial charge in [-0.15, -0.1) is 6.58 Å². The van der Waals surface area contributed by atoms with E-state index in [2.05, 4.69) is 11.9 Å². The van der Waals surface area contributed by atoms with Crippen molar-refractivity contribution in [2.24, 2.45) is 16.7 Å². The number of benzene rings is 1. The number of esters is 1. The lowest BCUT2D eigenvalue weighted by Crippen LogP contribution is -2.86. The summed E-state index contributed by atoms with van der Waals surface area (Å²) in [5.74, 6) is -2.07. The maximum Gasteiger partial charge on any atom is 0.320 e. The van der Waals surface area contributed by atoms with Crippen LogP contribution in [-0.4, -0.2) is 98.7 Å². The molecule has 2 heterocycles. The summed E-state index contributed by atoms with van der Waals surface area (Å²) >= 11 is 0. The van der Waals surface area contributed by atoms with Gasteiger partial charge in [0.25, 0.3) is 5.91 Å². The van der Waals surface area contributed by atoms with Crippen LogP contribution in [0.3, 0.4) is 0 Å². The van der Waals surface area contributed by atoms with Crippen molar-refractivity contribution in [1.82, 2.24) is 10.2 Å². The first-order chi connectivity index (χ1) is 20.5. The number of carbonyl (C=O) groups excluding carboxylic acids is 3. The predicted molar refractivity (Wildman–Crippen MR) is 163 cm³/mol. The molecule has 1 aromatic carbocycles. The molecule has 2 aliphatic heterocycles. The van der Waals surface area contributed by atoms with Gasteiger partial charge in [0.05, 0.1) is 24.4 Å². The summed E-state index contributed by atoms with van der Waals surface area (Å²) in [5.41, 5.74) is -6.80. The fraction of sp³-hybridized carbons (Fsp3) is 0.676. The lowest BCUT2D eigenvalue weighted by Gasteiger charge is -2.71. The zero-order valence-electron chi connectivity index (χ0n) is 26.5. The Morgan fingerprint density at radius 2 is 1.73 bits per heavy atom. The molecule has 0 radical (unpaired) electrons. The highest BCUT2D eigenvalue weighted by Crippen LogP contribution is 2.67. The topological polar surface area (TPSA) is 146 Å². The van der Waals surface area contributed by atoms with Gasteiger partial charge in [0.2, 0.25) is 0 Å². The van der Waals surface area contributed by atoms with Gasteiger partial charge < -0.3 is 30.1 Å². The molecule has 44 heavy (non-hydrogen) atoms. The van der Waals surface area contributed by atoms with Crippen LogP contribution in [0.1, 0.15) is 77.1 Å². The number of carbonyl (C=O) groups is 3. The SMILES string of the molecule is C=C[C@@]1(C)CC(=O)[C@]2(O)C3(C)C(C(O)C(OC(=O)CN4CCC(NC(=O)c5ccccc5)CC4)[C@@]2(C)O1)C(C)(C)CC[C@@H]3O. The molecule has 2 aliphatic carbocycles. The number of likely N-dealkylation sites (tertiary alicyclic amines) is 1. The van der Waals surface area contributed by atoms with E-state index in [1.54, 1.807) is 26.0 Å². The van der Waals surface area contributed by atoms with Crippen LogP contribution in [0.25, 0.3) is 0 Å². The second-order valence-corrected chi connectivity index (χ2v) is 14.6. The van der Waals surface area contributed by atoms with E-state index in [1.165, 1.54) is 13.0 Å². The molecule has 4 fully saturated rings. The van der Waals surface area contributed by atoms with Crippen LogP contribution in [0.4, 0.5) is 0 Å². The third-order valence-corrected chi connectivity index (χ3v) is 11.3. The highest BCUT2D eigenvalue weighted by atomic mass is 16.6. The van der Waals surface area contributed by atoms with E-state index in [1.807, 2.05) is 36.9 Å². The molecular formula is C34H48N2O8. The van der Waals surface area contributed by atoms with Crippen LogP contribution in [0.15, 0.2) is 43.0 Å². The summed E-state index contributed by atoms with van der Waals surface area (Å²) in [7, 11) is 0. The molecule has 1 aromatic rings. The fourth-order valence-corrected chi connectivity index (χ4v) is 8.93. The number of rotatable bonds is 6. The van der Waals surface area contributed by atoms with E-state index < -0.39 is 63.6 Å². The Hall–Kier alpha value is -2.63. The summed E-state index contributed by atoms with van der Waals surface area (Å²) < 4.78 is 12.5. The summed E-state index contributed by atoms with van der Waals surface area (Å²) in [6.45, 7) is 13.6. The highest BCUT2D eigenvalue weighted by molar-refractivity contribution is 5.94. The molecule has 0 bridgehead atoms. The van der Waals surface area contributed by atoms with Crippen LogP contribution in [0.2, 0.25) is 0 Å². The van der Waals surface area contributed by atoms with Gasteiger partial charge in [-0.3, -0.25) is 19.3 Å². The lowest BCUT2D eigenvalue weighted by atomic mass is 9.40. The maximum absolute atomic E-state index is 14.1. The van der Waals surface area contributed by atoms with E-state index in [4.69, 9.17) is 9.47 Å². The predicted octanol–water partition coefficient (Wildman–Crippen LogP) is 2.39. The van der Waals surface area contributed by atoms with Crippen molar-refractivity contribution in [3.8, 4) is 0 Å². The Morgan fingerprint density at radius 3 is 2.34 bits per heavy atom. The number of aliphatic hydroxyl groups excluding tert-OH is 2. The Bertz CT molecular complexity index is 1300. The Balaban J connectivity index is 1.35. The molecule has 242 valence electrons. The standard InChI is InChI=1S/C34H48N2O8/c1-7-31(4)19-24(38)34(42)32(5)23(37)13-16-30(2,3)27(32)26(40)28(33(34,6)44-31)43-25(39)20-36-17-14-22(15-18-36)35-29(41)21-11-9-8-10-12-21/h7-12,22-23,26-28,37,40,42H,1,13-20H2,2-6H3,(H,35,41)/t23-,26?,27?,28?,31-,32?,33+,34-/m0/s1.